The van der Waals surface area contributed by atoms with E-state index in [1.807, 2.05) is 0 Å². The number of amides is 1. The summed E-state index contributed by atoms with van der Waals surface area (Å²) in [6.07, 6.45) is 1.54. The van der Waals surface area contributed by atoms with E-state index in [-0.39, 0.29) is 11.1 Å². The van der Waals surface area contributed by atoms with Crippen molar-refractivity contribution in [3.8, 4) is 0 Å². The number of aliphatic imine (C=N–C) groups is 1. The highest BCUT2D eigenvalue weighted by Crippen LogP contribution is 2.13. The number of hydrogen-bond donors (Lipinski definition) is 1. The van der Waals surface area contributed by atoms with Crippen molar-refractivity contribution >= 4 is 34.4 Å². The van der Waals surface area contributed by atoms with Crippen molar-refractivity contribution in [3.63, 3.8) is 0 Å². The van der Waals surface area contributed by atoms with Gasteiger partial charge in [-0.3, -0.25) is 9.79 Å². The third-order valence-corrected chi connectivity index (χ3v) is 3.00. The number of nitrogens with zero attached hydrogens (tertiary/aromatic N) is 2. The zero-order chi connectivity index (χ0) is 10.7. The Bertz CT molecular complexity index is 422. The van der Waals surface area contributed by atoms with Crippen molar-refractivity contribution in [2.24, 2.45) is 4.99 Å². The average molecular weight is 242 g/mol. The third kappa shape index (κ3) is 2.49. The molecule has 6 heteroatoms. The van der Waals surface area contributed by atoms with Crippen LogP contribution in [0.15, 0.2) is 23.3 Å². The van der Waals surface area contributed by atoms with Gasteiger partial charge in [0.1, 0.15) is 5.15 Å². The van der Waals surface area contributed by atoms with E-state index in [0.717, 1.165) is 12.3 Å². The van der Waals surface area contributed by atoms with Gasteiger partial charge in [-0.2, -0.15) is 0 Å². The maximum Gasteiger partial charge on any atom is 0.260 e. The quantitative estimate of drug-likeness (QED) is 0.760. The number of nitrogens with one attached hydrogen (secondary N) is 1. The highest BCUT2D eigenvalue weighted by molar-refractivity contribution is 8.14. The largest absolute Gasteiger partial charge is 0.301 e. The number of thioether (sulfide) groups is 1. The molecule has 4 nitrogen and oxygen atoms in total. The summed E-state index contributed by atoms with van der Waals surface area (Å²) in [6.45, 7) is 0.751. The summed E-state index contributed by atoms with van der Waals surface area (Å²) in [6, 6.07) is 3.30. The van der Waals surface area contributed by atoms with Crippen LogP contribution in [-0.2, 0) is 0 Å². The molecule has 0 radical (unpaired) electrons. The molecule has 0 aromatic carbocycles. The molecule has 1 N–H and O–H groups in total. The number of hydrogen-bond acceptors (Lipinski definition) is 4. The monoisotopic (exact) mass is 241 g/mol. The Balaban J connectivity index is 2.11. The molecule has 0 fully saturated rings. The van der Waals surface area contributed by atoms with Crippen molar-refractivity contribution in [2.45, 2.75) is 0 Å². The molecule has 0 unspecified atom stereocenters. The van der Waals surface area contributed by atoms with E-state index in [9.17, 15) is 4.79 Å². The summed E-state index contributed by atoms with van der Waals surface area (Å²) in [5, 5.41) is 3.55. The fraction of sp³-hybridized carbons (Fsp3) is 0.222. The molecule has 1 aliphatic rings. The van der Waals surface area contributed by atoms with Crippen LogP contribution in [0.5, 0.6) is 0 Å². The van der Waals surface area contributed by atoms with Crippen LogP contribution in [0.2, 0.25) is 5.15 Å². The Morgan fingerprint density at radius 1 is 1.60 bits per heavy atom. The predicted molar refractivity (Wildman–Crippen MR) is 61.5 cm³/mol. The minimum atomic E-state index is -0.263. The molecule has 78 valence electrons. The van der Waals surface area contributed by atoms with Gasteiger partial charge in [-0.15, -0.1) is 0 Å². The van der Waals surface area contributed by atoms with Crippen molar-refractivity contribution < 1.29 is 4.79 Å². The van der Waals surface area contributed by atoms with Gasteiger partial charge in [-0.1, -0.05) is 23.4 Å². The number of aromatic nitrogens is 1. The highest BCUT2D eigenvalue weighted by Gasteiger charge is 2.14. The summed E-state index contributed by atoms with van der Waals surface area (Å²) >= 11 is 7.31. The second-order valence-corrected chi connectivity index (χ2v) is 4.27. The van der Waals surface area contributed by atoms with Crippen molar-refractivity contribution in [2.75, 3.05) is 12.3 Å². The first-order valence-corrected chi connectivity index (χ1v) is 5.73. The predicted octanol–water partition coefficient (Wildman–Crippen LogP) is 1.57. The molecule has 0 aliphatic carbocycles. The minimum Gasteiger partial charge on any atom is -0.301 e. The zero-order valence-electron chi connectivity index (χ0n) is 7.74. The minimum absolute atomic E-state index is 0.207. The molecular weight excluding hydrogens is 234 g/mol. The van der Waals surface area contributed by atoms with Gasteiger partial charge < -0.3 is 5.32 Å². The molecule has 1 amide bonds. The van der Waals surface area contributed by atoms with E-state index < -0.39 is 0 Å². The van der Waals surface area contributed by atoms with Gasteiger partial charge in [0.05, 0.1) is 12.1 Å². The van der Waals surface area contributed by atoms with Crippen molar-refractivity contribution in [1.29, 1.82) is 0 Å². The molecule has 15 heavy (non-hydrogen) atoms. The van der Waals surface area contributed by atoms with Crippen LogP contribution in [-0.4, -0.2) is 28.4 Å². The fourth-order valence-corrected chi connectivity index (χ4v) is 2.06. The van der Waals surface area contributed by atoms with Gasteiger partial charge in [0.25, 0.3) is 5.91 Å². The first-order valence-electron chi connectivity index (χ1n) is 4.36. The third-order valence-electron chi connectivity index (χ3n) is 1.81. The Morgan fingerprint density at radius 3 is 3.13 bits per heavy atom. The molecular formula is C9H8ClN3OS. The van der Waals surface area contributed by atoms with Crippen LogP contribution in [0.25, 0.3) is 0 Å². The van der Waals surface area contributed by atoms with Crippen LogP contribution in [0, 0.1) is 0 Å². The van der Waals surface area contributed by atoms with Gasteiger partial charge in [0.2, 0.25) is 0 Å². The summed E-state index contributed by atoms with van der Waals surface area (Å²) in [4.78, 5) is 19.6. The fourth-order valence-electron chi connectivity index (χ4n) is 1.13. The van der Waals surface area contributed by atoms with E-state index in [1.165, 1.54) is 11.8 Å². The Morgan fingerprint density at radius 2 is 2.47 bits per heavy atom. The molecule has 0 spiro atoms. The molecule has 2 heterocycles. The average Bonchev–Trinajstić information content (AvgIpc) is 2.71. The number of carbonyl (C=O) groups is 1. The lowest BCUT2D eigenvalue weighted by atomic mass is 10.3. The number of pyridine rings is 1. The number of rotatable bonds is 1. The molecule has 0 bridgehead atoms. The standard InChI is InChI=1S/C9H8ClN3OS/c10-7-6(2-1-3-11-7)8(14)13-9-12-4-5-15-9/h1-3H,4-5H2,(H,12,13,14). The van der Waals surface area contributed by atoms with E-state index >= 15 is 0 Å². The first kappa shape index (κ1) is 10.4. The Hall–Kier alpha value is -1.07. The van der Waals surface area contributed by atoms with Crippen LogP contribution in [0.1, 0.15) is 10.4 Å². The van der Waals surface area contributed by atoms with E-state index in [0.29, 0.717) is 10.7 Å². The lowest BCUT2D eigenvalue weighted by molar-refractivity contribution is 0.0978. The molecule has 2 rings (SSSR count). The number of halogens is 1. The Labute approximate surface area is 96.1 Å². The van der Waals surface area contributed by atoms with Gasteiger partial charge in [0.15, 0.2) is 5.17 Å². The molecule has 0 saturated heterocycles. The van der Waals surface area contributed by atoms with Crippen LogP contribution >= 0.6 is 23.4 Å². The molecule has 1 aliphatic heterocycles. The summed E-state index contributed by atoms with van der Waals surface area (Å²) in [5.74, 6) is 0.650. The van der Waals surface area contributed by atoms with Crippen LogP contribution in [0.3, 0.4) is 0 Å². The van der Waals surface area contributed by atoms with E-state index in [4.69, 9.17) is 11.6 Å². The Kier molecular flexibility index (Phi) is 3.23. The number of amidine groups is 1. The van der Waals surface area contributed by atoms with E-state index in [2.05, 4.69) is 15.3 Å². The first-order chi connectivity index (χ1) is 7.27. The van der Waals surface area contributed by atoms with Crippen LogP contribution < -0.4 is 5.32 Å². The van der Waals surface area contributed by atoms with Crippen molar-refractivity contribution in [1.82, 2.24) is 10.3 Å². The summed E-state index contributed by atoms with van der Waals surface area (Å²) < 4.78 is 0. The second kappa shape index (κ2) is 4.63. The van der Waals surface area contributed by atoms with Crippen molar-refractivity contribution in [3.05, 3.63) is 29.0 Å². The van der Waals surface area contributed by atoms with Gasteiger partial charge >= 0.3 is 0 Å². The summed E-state index contributed by atoms with van der Waals surface area (Å²) in [5.41, 5.74) is 0.370. The molecule has 1 aromatic rings. The van der Waals surface area contributed by atoms with Gasteiger partial charge in [-0.05, 0) is 12.1 Å². The lowest BCUT2D eigenvalue weighted by Crippen LogP contribution is -2.27. The second-order valence-electron chi connectivity index (χ2n) is 2.83. The van der Waals surface area contributed by atoms with Gasteiger partial charge in [0, 0.05) is 11.9 Å². The molecule has 1 aromatic heterocycles. The highest BCUT2D eigenvalue weighted by atomic mass is 35.5. The SMILES string of the molecule is O=C(NC1=NCCS1)c1cccnc1Cl. The van der Waals surface area contributed by atoms with E-state index in [1.54, 1.807) is 18.3 Å². The lowest BCUT2D eigenvalue weighted by Gasteiger charge is -2.04. The maximum atomic E-state index is 11.7. The van der Waals surface area contributed by atoms with Crippen LogP contribution in [0.4, 0.5) is 0 Å². The normalized spacial score (nSPS) is 14.9. The maximum absolute atomic E-state index is 11.7. The zero-order valence-corrected chi connectivity index (χ0v) is 9.31. The molecule has 0 atom stereocenters. The summed E-state index contributed by atoms with van der Waals surface area (Å²) in [7, 11) is 0. The molecule has 0 saturated carbocycles. The van der Waals surface area contributed by atoms with Gasteiger partial charge in [-0.25, -0.2) is 4.98 Å². The smallest absolute Gasteiger partial charge is 0.260 e. The number of carbonyl (C=O) groups excluding carboxylic acids is 1. The topological polar surface area (TPSA) is 54.4 Å².